The van der Waals surface area contributed by atoms with E-state index < -0.39 is 0 Å². The van der Waals surface area contributed by atoms with Crippen LogP contribution in [0.15, 0.2) is 35.3 Å². The molecule has 2 aliphatic heterocycles. The molecule has 2 unspecified atom stereocenters. The van der Waals surface area contributed by atoms with Gasteiger partial charge < -0.3 is 4.90 Å². The molecule has 4 fully saturated rings. The molecule has 26 heavy (non-hydrogen) atoms. The van der Waals surface area contributed by atoms with E-state index in [1.54, 1.807) is 30.5 Å². The van der Waals surface area contributed by atoms with Crippen molar-refractivity contribution in [2.75, 3.05) is 11.4 Å². The average Bonchev–Trinajstić information content (AvgIpc) is 2.82. The Morgan fingerprint density at radius 3 is 2.27 bits per heavy atom. The van der Waals surface area contributed by atoms with E-state index in [0.29, 0.717) is 16.8 Å². The molecule has 0 spiro atoms. The summed E-state index contributed by atoms with van der Waals surface area (Å²) in [6.45, 7) is 1.00. The SMILES string of the molecule is O=c1c(Cl)c(N2CC3C[C@@H]4CC2C[C@H](C3)C4)cnn1-c1ccc(Cl)cc1. The second-order valence-electron chi connectivity index (χ2n) is 8.12. The van der Waals surface area contributed by atoms with Gasteiger partial charge in [-0.15, -0.1) is 0 Å². The van der Waals surface area contributed by atoms with Crippen LogP contribution in [0.4, 0.5) is 5.69 Å². The van der Waals surface area contributed by atoms with Crippen LogP contribution in [0.2, 0.25) is 10.0 Å². The minimum atomic E-state index is -0.268. The first-order valence-corrected chi connectivity index (χ1v) is 10.1. The van der Waals surface area contributed by atoms with Crippen molar-refractivity contribution in [2.45, 2.75) is 38.1 Å². The fourth-order valence-corrected chi connectivity index (χ4v) is 5.83. The summed E-state index contributed by atoms with van der Waals surface area (Å²) in [7, 11) is 0. The summed E-state index contributed by atoms with van der Waals surface area (Å²) >= 11 is 12.5. The smallest absolute Gasteiger partial charge is 0.292 e. The lowest BCUT2D eigenvalue weighted by Crippen LogP contribution is -2.39. The number of benzene rings is 1. The molecule has 6 heteroatoms. The highest BCUT2D eigenvalue weighted by molar-refractivity contribution is 6.33. The Labute approximate surface area is 162 Å². The van der Waals surface area contributed by atoms with Gasteiger partial charge in [0, 0.05) is 17.6 Å². The Hall–Kier alpha value is -1.52. The Balaban J connectivity index is 1.53. The summed E-state index contributed by atoms with van der Waals surface area (Å²) in [4.78, 5) is 15.3. The molecule has 6 rings (SSSR count). The molecule has 3 heterocycles. The van der Waals surface area contributed by atoms with Gasteiger partial charge in [0.2, 0.25) is 0 Å². The third-order valence-corrected chi connectivity index (χ3v) is 6.99. The molecule has 4 nitrogen and oxygen atoms in total. The van der Waals surface area contributed by atoms with Crippen molar-refractivity contribution in [3.05, 3.63) is 50.9 Å². The molecular weight excluding hydrogens is 369 g/mol. The van der Waals surface area contributed by atoms with Crippen molar-refractivity contribution in [1.82, 2.24) is 9.78 Å². The first-order valence-electron chi connectivity index (χ1n) is 9.39. The lowest BCUT2D eigenvalue weighted by Gasteiger charge is -2.39. The fourth-order valence-electron chi connectivity index (χ4n) is 5.47. The zero-order chi connectivity index (χ0) is 17.8. The van der Waals surface area contributed by atoms with Gasteiger partial charge in [0.25, 0.3) is 5.56 Å². The topological polar surface area (TPSA) is 38.1 Å². The molecule has 0 amide bonds. The van der Waals surface area contributed by atoms with E-state index in [1.165, 1.54) is 36.8 Å². The highest BCUT2D eigenvalue weighted by Gasteiger charge is 2.43. The summed E-state index contributed by atoms with van der Waals surface area (Å²) in [6.07, 6.45) is 8.27. The number of hydrogen-bond donors (Lipinski definition) is 0. The molecule has 2 saturated carbocycles. The molecule has 4 atom stereocenters. The number of aromatic nitrogens is 2. The summed E-state index contributed by atoms with van der Waals surface area (Å²) in [6, 6.07) is 7.54. The van der Waals surface area contributed by atoms with E-state index in [-0.39, 0.29) is 10.6 Å². The Kier molecular flexibility index (Phi) is 4.02. The molecule has 0 radical (unpaired) electrons. The maximum atomic E-state index is 12.9. The Bertz CT molecular complexity index is 881. The van der Waals surface area contributed by atoms with Crippen molar-refractivity contribution in [1.29, 1.82) is 0 Å². The fraction of sp³-hybridized carbons (Fsp3) is 0.500. The van der Waals surface area contributed by atoms with E-state index in [9.17, 15) is 4.79 Å². The third kappa shape index (κ3) is 2.74. The quantitative estimate of drug-likeness (QED) is 0.755. The van der Waals surface area contributed by atoms with Gasteiger partial charge in [-0.1, -0.05) is 23.2 Å². The normalized spacial score (nSPS) is 29.8. The number of hydrogen-bond acceptors (Lipinski definition) is 3. The maximum Gasteiger partial charge on any atom is 0.292 e. The van der Waals surface area contributed by atoms with Crippen LogP contribution in [0.3, 0.4) is 0 Å². The van der Waals surface area contributed by atoms with Gasteiger partial charge in [-0.2, -0.15) is 9.78 Å². The molecule has 4 bridgehead atoms. The van der Waals surface area contributed by atoms with Gasteiger partial charge in [0.15, 0.2) is 0 Å². The molecule has 2 aromatic rings. The van der Waals surface area contributed by atoms with Gasteiger partial charge in [-0.3, -0.25) is 4.79 Å². The first kappa shape index (κ1) is 16.6. The van der Waals surface area contributed by atoms with Gasteiger partial charge >= 0.3 is 0 Å². The van der Waals surface area contributed by atoms with Crippen LogP contribution in [-0.2, 0) is 0 Å². The number of fused-ring (bicyclic) bond motifs is 1. The van der Waals surface area contributed by atoms with Crippen molar-refractivity contribution < 1.29 is 0 Å². The minimum Gasteiger partial charge on any atom is -0.366 e. The summed E-state index contributed by atoms with van der Waals surface area (Å²) in [5, 5.41) is 5.32. The number of nitrogens with zero attached hydrogens (tertiary/aromatic N) is 3. The lowest BCUT2D eigenvalue weighted by atomic mass is 9.68. The molecule has 0 N–H and O–H groups in total. The Morgan fingerprint density at radius 2 is 1.58 bits per heavy atom. The summed E-state index contributed by atoms with van der Waals surface area (Å²) in [5.74, 6) is 2.42. The molecule has 2 aliphatic carbocycles. The van der Waals surface area contributed by atoms with Crippen LogP contribution in [-0.4, -0.2) is 22.4 Å². The highest BCUT2D eigenvalue weighted by atomic mass is 35.5. The standard InChI is InChI=1S/C20H21Cl2N3O/c21-15-1-3-16(4-2-15)25-20(26)19(22)18(10-23-25)24-11-14-6-12-5-13(7-14)9-17(24)8-12/h1-4,10,12-14,17H,5-9,11H2/t12-,13+,14?,17?. The molecule has 1 aromatic carbocycles. The molecule has 136 valence electrons. The molecule has 4 aliphatic rings. The van der Waals surface area contributed by atoms with E-state index in [2.05, 4.69) is 10.00 Å². The summed E-state index contributed by atoms with van der Waals surface area (Å²) in [5.41, 5.74) is 1.21. The molecule has 1 aromatic heterocycles. The zero-order valence-corrected chi connectivity index (χ0v) is 16.0. The van der Waals surface area contributed by atoms with Crippen LogP contribution in [0, 0.1) is 17.8 Å². The van der Waals surface area contributed by atoms with Gasteiger partial charge in [-0.25, -0.2) is 0 Å². The molecular formula is C20H21Cl2N3O. The van der Waals surface area contributed by atoms with E-state index >= 15 is 0 Å². The number of halogens is 2. The largest absolute Gasteiger partial charge is 0.366 e. The van der Waals surface area contributed by atoms with Crippen LogP contribution in [0.25, 0.3) is 5.69 Å². The van der Waals surface area contributed by atoms with E-state index in [4.69, 9.17) is 23.2 Å². The summed E-state index contributed by atoms with van der Waals surface area (Å²) < 4.78 is 1.35. The van der Waals surface area contributed by atoms with Gasteiger partial charge in [0.05, 0.1) is 17.6 Å². The second-order valence-corrected chi connectivity index (χ2v) is 8.93. The van der Waals surface area contributed by atoms with Crippen LogP contribution in [0.5, 0.6) is 0 Å². The minimum absolute atomic E-state index is 0.268. The average molecular weight is 390 g/mol. The predicted molar refractivity (Wildman–Crippen MR) is 105 cm³/mol. The second kappa shape index (κ2) is 6.28. The predicted octanol–water partition coefficient (Wildman–Crippen LogP) is 4.55. The van der Waals surface area contributed by atoms with Gasteiger partial charge in [0.1, 0.15) is 5.02 Å². The maximum absolute atomic E-state index is 12.9. The Morgan fingerprint density at radius 1 is 0.923 bits per heavy atom. The molecule has 2 saturated heterocycles. The van der Waals surface area contributed by atoms with E-state index in [0.717, 1.165) is 30.0 Å². The van der Waals surface area contributed by atoms with Crippen molar-refractivity contribution in [3.8, 4) is 5.69 Å². The van der Waals surface area contributed by atoms with Crippen LogP contribution < -0.4 is 10.5 Å². The third-order valence-electron chi connectivity index (χ3n) is 6.39. The van der Waals surface area contributed by atoms with Crippen molar-refractivity contribution >= 4 is 28.9 Å². The van der Waals surface area contributed by atoms with Crippen LogP contribution >= 0.6 is 23.2 Å². The first-order chi connectivity index (χ1) is 12.6. The van der Waals surface area contributed by atoms with E-state index in [1.807, 2.05) is 0 Å². The monoisotopic (exact) mass is 389 g/mol. The van der Waals surface area contributed by atoms with Crippen molar-refractivity contribution in [3.63, 3.8) is 0 Å². The van der Waals surface area contributed by atoms with Crippen LogP contribution in [0.1, 0.15) is 32.1 Å². The number of rotatable bonds is 2. The lowest BCUT2D eigenvalue weighted by molar-refractivity contribution is 0.157. The highest BCUT2D eigenvalue weighted by Crippen LogP contribution is 2.48. The van der Waals surface area contributed by atoms with Gasteiger partial charge in [-0.05, 0) is 74.1 Å². The van der Waals surface area contributed by atoms with Crippen molar-refractivity contribution in [2.24, 2.45) is 17.8 Å². The zero-order valence-electron chi connectivity index (χ0n) is 14.4. The number of anilines is 1.